The van der Waals surface area contributed by atoms with Crippen LogP contribution in [-0.2, 0) is 6.54 Å². The zero-order valence-corrected chi connectivity index (χ0v) is 14.2. The number of likely N-dealkylation sites (N-methyl/N-ethyl adjacent to an activating group) is 1. The molecule has 1 aliphatic carbocycles. The molecule has 2 heterocycles. The molecule has 0 N–H and O–H groups in total. The van der Waals surface area contributed by atoms with Gasteiger partial charge in [-0.05, 0) is 39.3 Å². The van der Waals surface area contributed by atoms with Gasteiger partial charge in [0.1, 0.15) is 0 Å². The molecule has 0 amide bonds. The van der Waals surface area contributed by atoms with E-state index >= 15 is 0 Å². The molecule has 1 aromatic heterocycles. The van der Waals surface area contributed by atoms with Crippen molar-refractivity contribution in [2.45, 2.75) is 50.6 Å². The highest BCUT2D eigenvalue weighted by molar-refractivity contribution is 5.02. The molecule has 7 nitrogen and oxygen atoms in total. The first kappa shape index (κ1) is 16.9. The maximum atomic E-state index is 9.21. The summed E-state index contributed by atoms with van der Waals surface area (Å²) in [6.07, 6.45) is 4.54. The van der Waals surface area contributed by atoms with Gasteiger partial charge in [0.2, 0.25) is 5.89 Å². The van der Waals surface area contributed by atoms with Gasteiger partial charge >= 0.3 is 0 Å². The lowest BCUT2D eigenvalue weighted by Crippen LogP contribution is -2.35. The Hall–Kier alpha value is -1.96. The molecule has 1 aliphatic heterocycles. The summed E-state index contributed by atoms with van der Waals surface area (Å²) in [5, 5.41) is 22.0. The minimum atomic E-state index is -0.0491. The quantitative estimate of drug-likeness (QED) is 0.719. The number of rotatable bonds is 8. The number of hydrogen-bond acceptors (Lipinski definition) is 7. The molecule has 7 heteroatoms. The summed E-state index contributed by atoms with van der Waals surface area (Å²) in [6.45, 7) is 3.41. The highest BCUT2D eigenvalue weighted by atomic mass is 16.5. The van der Waals surface area contributed by atoms with Gasteiger partial charge in [-0.1, -0.05) is 5.16 Å². The van der Waals surface area contributed by atoms with Gasteiger partial charge in [-0.2, -0.15) is 15.5 Å². The molecule has 128 valence electrons. The Labute approximate surface area is 142 Å². The SMILES string of the molecule is CN(Cc1noc(C2CC2)n1)[C@@H]1CCN(C[C@H](C#N)CCC#N)C1. The Bertz CT molecular complexity index is 626. The van der Waals surface area contributed by atoms with Gasteiger partial charge in [-0.15, -0.1) is 0 Å². The largest absolute Gasteiger partial charge is 0.339 e. The minimum Gasteiger partial charge on any atom is -0.339 e. The average Bonchev–Trinajstić information content (AvgIpc) is 3.15. The zero-order chi connectivity index (χ0) is 16.9. The first-order chi connectivity index (χ1) is 11.7. The van der Waals surface area contributed by atoms with Crippen LogP contribution in [0.2, 0.25) is 0 Å². The summed E-state index contributed by atoms with van der Waals surface area (Å²) in [5.41, 5.74) is 0. The van der Waals surface area contributed by atoms with Gasteiger partial charge in [0.25, 0.3) is 0 Å². The van der Waals surface area contributed by atoms with E-state index in [1.54, 1.807) is 0 Å². The molecule has 0 radical (unpaired) electrons. The molecule has 2 aliphatic rings. The van der Waals surface area contributed by atoms with Crippen molar-refractivity contribution in [1.29, 1.82) is 10.5 Å². The second-order valence-corrected chi connectivity index (χ2v) is 6.96. The maximum absolute atomic E-state index is 9.21. The van der Waals surface area contributed by atoms with Gasteiger partial charge in [-0.25, -0.2) is 0 Å². The average molecular weight is 328 g/mol. The van der Waals surface area contributed by atoms with Gasteiger partial charge in [0.05, 0.1) is 24.6 Å². The van der Waals surface area contributed by atoms with Crippen LogP contribution in [0.1, 0.15) is 49.7 Å². The normalized spacial score (nSPS) is 22.4. The Morgan fingerprint density at radius 2 is 2.21 bits per heavy atom. The van der Waals surface area contributed by atoms with Crippen molar-refractivity contribution in [2.75, 3.05) is 26.7 Å². The molecule has 0 bridgehead atoms. The number of hydrogen-bond donors (Lipinski definition) is 0. The Kier molecular flexibility index (Phi) is 5.44. The van der Waals surface area contributed by atoms with Gasteiger partial charge in [0.15, 0.2) is 5.82 Å². The summed E-state index contributed by atoms with van der Waals surface area (Å²) >= 11 is 0. The van der Waals surface area contributed by atoms with E-state index in [2.05, 4.69) is 39.1 Å². The van der Waals surface area contributed by atoms with E-state index in [1.807, 2.05) is 0 Å². The Morgan fingerprint density at radius 1 is 1.38 bits per heavy atom. The molecular weight excluding hydrogens is 304 g/mol. The van der Waals surface area contributed by atoms with Crippen LogP contribution in [0.3, 0.4) is 0 Å². The van der Waals surface area contributed by atoms with Crippen molar-refractivity contribution >= 4 is 0 Å². The predicted octanol–water partition coefficient (Wildman–Crippen LogP) is 1.90. The second-order valence-electron chi connectivity index (χ2n) is 6.96. The van der Waals surface area contributed by atoms with Crippen LogP contribution in [0.5, 0.6) is 0 Å². The van der Waals surface area contributed by atoms with E-state index in [9.17, 15) is 5.26 Å². The summed E-state index contributed by atoms with van der Waals surface area (Å²) < 4.78 is 5.32. The summed E-state index contributed by atoms with van der Waals surface area (Å²) in [4.78, 5) is 9.10. The van der Waals surface area contributed by atoms with Crippen LogP contribution in [-0.4, -0.2) is 52.7 Å². The molecule has 1 saturated heterocycles. The lowest BCUT2D eigenvalue weighted by Gasteiger charge is -2.24. The third-order valence-electron chi connectivity index (χ3n) is 4.94. The Morgan fingerprint density at radius 3 is 2.92 bits per heavy atom. The van der Waals surface area contributed by atoms with E-state index in [0.717, 1.165) is 37.8 Å². The summed E-state index contributed by atoms with van der Waals surface area (Å²) in [6, 6.07) is 4.90. The number of aromatic nitrogens is 2. The molecule has 2 fully saturated rings. The van der Waals surface area contributed by atoms with Crippen molar-refractivity contribution in [1.82, 2.24) is 19.9 Å². The first-order valence-electron chi connectivity index (χ1n) is 8.71. The van der Waals surface area contributed by atoms with Gasteiger partial charge in [0, 0.05) is 31.5 Å². The van der Waals surface area contributed by atoms with Gasteiger partial charge in [-0.3, -0.25) is 4.90 Å². The van der Waals surface area contributed by atoms with Crippen LogP contribution in [0.15, 0.2) is 4.52 Å². The molecule has 0 aromatic carbocycles. The molecule has 24 heavy (non-hydrogen) atoms. The highest BCUT2D eigenvalue weighted by Gasteiger charge is 2.31. The highest BCUT2D eigenvalue weighted by Crippen LogP contribution is 2.38. The van der Waals surface area contributed by atoms with E-state index in [4.69, 9.17) is 9.78 Å². The maximum Gasteiger partial charge on any atom is 0.229 e. The van der Waals surface area contributed by atoms with Crippen LogP contribution in [0.25, 0.3) is 0 Å². The molecule has 0 unspecified atom stereocenters. The molecule has 0 spiro atoms. The number of nitrogens with zero attached hydrogens (tertiary/aromatic N) is 6. The fourth-order valence-corrected chi connectivity index (χ4v) is 3.26. The van der Waals surface area contributed by atoms with Crippen molar-refractivity contribution in [2.24, 2.45) is 5.92 Å². The third-order valence-corrected chi connectivity index (χ3v) is 4.94. The van der Waals surface area contributed by atoms with Crippen molar-refractivity contribution in [3.05, 3.63) is 11.7 Å². The zero-order valence-electron chi connectivity index (χ0n) is 14.2. The fourth-order valence-electron chi connectivity index (χ4n) is 3.26. The van der Waals surface area contributed by atoms with Gasteiger partial charge < -0.3 is 9.42 Å². The predicted molar refractivity (Wildman–Crippen MR) is 86.5 cm³/mol. The monoisotopic (exact) mass is 328 g/mol. The standard InChI is InChI=1S/C17H24N6O/c1-22(12-16-20-17(24-21-16)14-4-5-14)15-6-8-23(11-15)10-13(9-19)3-2-7-18/h13-15H,2-6,8,10-12H2,1H3/t13-,15+/m0/s1. The smallest absolute Gasteiger partial charge is 0.229 e. The number of nitriles is 2. The van der Waals surface area contributed by atoms with Crippen molar-refractivity contribution < 1.29 is 4.52 Å². The Balaban J connectivity index is 1.45. The fraction of sp³-hybridized carbons (Fsp3) is 0.765. The topological polar surface area (TPSA) is 93.0 Å². The minimum absolute atomic E-state index is 0.0491. The third kappa shape index (κ3) is 4.31. The summed E-state index contributed by atoms with van der Waals surface area (Å²) in [7, 11) is 2.10. The van der Waals surface area contributed by atoms with Crippen LogP contribution in [0, 0.1) is 28.6 Å². The van der Waals surface area contributed by atoms with Crippen molar-refractivity contribution in [3.63, 3.8) is 0 Å². The van der Waals surface area contributed by atoms with E-state index < -0.39 is 0 Å². The number of likely N-dealkylation sites (tertiary alicyclic amines) is 1. The van der Waals surface area contributed by atoms with E-state index in [0.29, 0.717) is 31.3 Å². The molecule has 3 rings (SSSR count). The van der Waals surface area contributed by atoms with E-state index in [-0.39, 0.29) is 5.92 Å². The van der Waals surface area contributed by atoms with E-state index in [1.165, 1.54) is 12.8 Å². The van der Waals surface area contributed by atoms with Crippen LogP contribution < -0.4 is 0 Å². The molecular formula is C17H24N6O. The van der Waals surface area contributed by atoms with Crippen molar-refractivity contribution in [3.8, 4) is 12.1 Å². The molecule has 1 saturated carbocycles. The van der Waals surface area contributed by atoms with Crippen LogP contribution >= 0.6 is 0 Å². The first-order valence-corrected chi connectivity index (χ1v) is 8.71. The van der Waals surface area contributed by atoms with Crippen LogP contribution in [0.4, 0.5) is 0 Å². The second kappa shape index (κ2) is 7.74. The lowest BCUT2D eigenvalue weighted by molar-refractivity contribution is 0.212. The molecule has 1 aromatic rings. The lowest BCUT2D eigenvalue weighted by atomic mass is 10.1. The summed E-state index contributed by atoms with van der Waals surface area (Å²) in [5.74, 6) is 2.00. The molecule has 2 atom stereocenters.